The van der Waals surface area contributed by atoms with Gasteiger partial charge in [-0.3, -0.25) is 14.9 Å². The van der Waals surface area contributed by atoms with E-state index in [-0.39, 0.29) is 11.6 Å². The smallest absolute Gasteiger partial charge is 0.269 e. The van der Waals surface area contributed by atoms with Gasteiger partial charge < -0.3 is 5.32 Å². The molecule has 2 heterocycles. The maximum Gasteiger partial charge on any atom is 0.269 e. The number of non-ortho nitro benzene ring substituents is 1. The lowest BCUT2D eigenvalue weighted by Crippen LogP contribution is -2.14. The number of carbonyl (C=O) groups is 1. The highest BCUT2D eigenvalue weighted by Crippen LogP contribution is 2.20. The summed E-state index contributed by atoms with van der Waals surface area (Å²) < 4.78 is 1.58. The molecule has 3 aromatic rings. The third-order valence-electron chi connectivity index (χ3n) is 3.81. The fourth-order valence-electron chi connectivity index (χ4n) is 2.58. The Morgan fingerprint density at radius 2 is 2.08 bits per heavy atom. The van der Waals surface area contributed by atoms with Gasteiger partial charge in [-0.15, -0.1) is 11.3 Å². The molecule has 0 saturated heterocycles. The second-order valence-electron chi connectivity index (χ2n) is 5.84. The Hall–Kier alpha value is -3.00. The van der Waals surface area contributed by atoms with Crippen LogP contribution in [0.2, 0.25) is 0 Å². The van der Waals surface area contributed by atoms with Gasteiger partial charge in [0.2, 0.25) is 5.91 Å². The Balaban J connectivity index is 1.66. The third kappa shape index (κ3) is 4.34. The number of nitro groups is 1. The summed E-state index contributed by atoms with van der Waals surface area (Å²) in [6.07, 6.45) is 2.07. The van der Waals surface area contributed by atoms with Crippen molar-refractivity contribution in [2.24, 2.45) is 0 Å². The molecular weight excluding hydrogens is 352 g/mol. The van der Waals surface area contributed by atoms with Crippen LogP contribution in [0.1, 0.15) is 23.4 Å². The number of benzene rings is 1. The maximum absolute atomic E-state index is 12.2. The normalized spacial score (nSPS) is 10.7. The van der Waals surface area contributed by atoms with Crippen LogP contribution in [0.15, 0.2) is 47.8 Å². The highest BCUT2D eigenvalue weighted by atomic mass is 32.1. The van der Waals surface area contributed by atoms with Crippen LogP contribution in [0.25, 0.3) is 5.69 Å². The molecule has 0 aliphatic carbocycles. The Morgan fingerprint density at radius 1 is 1.31 bits per heavy atom. The zero-order chi connectivity index (χ0) is 18.5. The van der Waals surface area contributed by atoms with Gasteiger partial charge in [-0.2, -0.15) is 5.10 Å². The largest absolute Gasteiger partial charge is 0.311 e. The number of rotatable bonds is 7. The fourth-order valence-corrected chi connectivity index (χ4v) is 3.34. The summed E-state index contributed by atoms with van der Waals surface area (Å²) in [7, 11) is 0. The molecule has 134 valence electrons. The van der Waals surface area contributed by atoms with Gasteiger partial charge in [0.1, 0.15) is 5.82 Å². The molecule has 1 amide bonds. The molecule has 1 aromatic carbocycles. The number of nitro benzene ring substituents is 1. The molecule has 26 heavy (non-hydrogen) atoms. The van der Waals surface area contributed by atoms with E-state index in [2.05, 4.69) is 16.5 Å². The minimum Gasteiger partial charge on any atom is -0.311 e. The lowest BCUT2D eigenvalue weighted by Gasteiger charge is -2.09. The van der Waals surface area contributed by atoms with Crippen LogP contribution in [0.4, 0.5) is 11.5 Å². The predicted octanol–water partition coefficient (Wildman–Crippen LogP) is 4.11. The Labute approximate surface area is 154 Å². The van der Waals surface area contributed by atoms with E-state index in [1.165, 1.54) is 17.0 Å². The van der Waals surface area contributed by atoms with Crippen LogP contribution < -0.4 is 5.32 Å². The summed E-state index contributed by atoms with van der Waals surface area (Å²) in [5.74, 6) is 0.474. The van der Waals surface area contributed by atoms with E-state index in [4.69, 9.17) is 0 Å². The monoisotopic (exact) mass is 370 g/mol. The number of hydrogen-bond donors (Lipinski definition) is 1. The van der Waals surface area contributed by atoms with Crippen molar-refractivity contribution in [3.63, 3.8) is 0 Å². The van der Waals surface area contributed by atoms with Gasteiger partial charge in [0.15, 0.2) is 0 Å². The number of amides is 1. The number of nitrogens with one attached hydrogen (secondary N) is 1. The summed E-state index contributed by atoms with van der Waals surface area (Å²) in [4.78, 5) is 23.8. The van der Waals surface area contributed by atoms with Crippen LogP contribution in [-0.4, -0.2) is 20.6 Å². The molecule has 0 fully saturated rings. The van der Waals surface area contributed by atoms with Crippen molar-refractivity contribution in [1.29, 1.82) is 0 Å². The van der Waals surface area contributed by atoms with E-state index >= 15 is 0 Å². The van der Waals surface area contributed by atoms with E-state index in [0.717, 1.165) is 18.5 Å². The molecule has 0 unspecified atom stereocenters. The Kier molecular flexibility index (Phi) is 5.43. The number of hydrogen-bond acceptors (Lipinski definition) is 5. The van der Waals surface area contributed by atoms with Crippen molar-refractivity contribution in [3.05, 3.63) is 68.5 Å². The van der Waals surface area contributed by atoms with Crippen LogP contribution in [0.3, 0.4) is 0 Å². The molecule has 8 heteroatoms. The van der Waals surface area contributed by atoms with Crippen LogP contribution in [-0.2, 0) is 11.2 Å². The average molecular weight is 370 g/mol. The molecule has 2 aromatic heterocycles. The Bertz CT molecular complexity index is 901. The minimum atomic E-state index is -0.450. The van der Waals surface area contributed by atoms with Crippen LogP contribution >= 0.6 is 11.3 Å². The molecule has 1 N–H and O–H groups in total. The highest BCUT2D eigenvalue weighted by Gasteiger charge is 2.12. The maximum atomic E-state index is 12.2. The first-order chi connectivity index (χ1) is 12.5. The van der Waals surface area contributed by atoms with Crippen molar-refractivity contribution in [1.82, 2.24) is 9.78 Å². The fraction of sp³-hybridized carbons (Fsp3) is 0.222. The van der Waals surface area contributed by atoms with Crippen molar-refractivity contribution in [2.75, 3.05) is 5.32 Å². The predicted molar refractivity (Wildman–Crippen MR) is 101 cm³/mol. The molecule has 0 bridgehead atoms. The summed E-state index contributed by atoms with van der Waals surface area (Å²) >= 11 is 1.69. The molecule has 0 aliphatic heterocycles. The third-order valence-corrected chi connectivity index (χ3v) is 4.75. The summed E-state index contributed by atoms with van der Waals surface area (Å²) in [5, 5.41) is 20.0. The van der Waals surface area contributed by atoms with Gasteiger partial charge in [-0.25, -0.2) is 4.68 Å². The highest BCUT2D eigenvalue weighted by molar-refractivity contribution is 7.09. The molecule has 0 radical (unpaired) electrons. The first kappa shape index (κ1) is 17.8. The lowest BCUT2D eigenvalue weighted by molar-refractivity contribution is -0.384. The zero-order valence-corrected chi connectivity index (χ0v) is 15.0. The summed E-state index contributed by atoms with van der Waals surface area (Å²) in [6, 6.07) is 11.9. The van der Waals surface area contributed by atoms with Gasteiger partial charge >= 0.3 is 0 Å². The van der Waals surface area contributed by atoms with Crippen molar-refractivity contribution in [2.45, 2.75) is 26.2 Å². The van der Waals surface area contributed by atoms with Gasteiger partial charge in [0.25, 0.3) is 5.69 Å². The standard InChI is InChI=1S/C18H18N4O3S/c1-13-12-17(19-18(23)6-2-4-16-5-3-11-26-16)21(20-13)14-7-9-15(10-8-14)22(24)25/h3,5,7-12H,2,4,6H2,1H3,(H,19,23). The van der Waals surface area contributed by atoms with Gasteiger partial charge in [0.05, 0.1) is 16.3 Å². The van der Waals surface area contributed by atoms with Crippen LogP contribution in [0, 0.1) is 17.0 Å². The van der Waals surface area contributed by atoms with E-state index in [9.17, 15) is 14.9 Å². The quantitative estimate of drug-likeness (QED) is 0.500. The number of aromatic nitrogens is 2. The van der Waals surface area contributed by atoms with Crippen molar-refractivity contribution in [3.8, 4) is 5.69 Å². The summed E-state index contributed by atoms with van der Waals surface area (Å²) in [6.45, 7) is 1.83. The second-order valence-corrected chi connectivity index (χ2v) is 6.87. The number of aryl methyl sites for hydroxylation is 2. The van der Waals surface area contributed by atoms with Crippen LogP contribution in [0.5, 0.6) is 0 Å². The summed E-state index contributed by atoms with van der Waals surface area (Å²) in [5.41, 5.74) is 1.41. The zero-order valence-electron chi connectivity index (χ0n) is 14.2. The number of thiophene rings is 1. The molecular formula is C18H18N4O3S. The number of carbonyl (C=O) groups excluding carboxylic acids is 1. The van der Waals surface area contributed by atoms with Gasteiger partial charge in [-0.1, -0.05) is 6.07 Å². The average Bonchev–Trinajstić information content (AvgIpc) is 3.24. The van der Waals surface area contributed by atoms with Gasteiger partial charge in [0, 0.05) is 29.5 Å². The van der Waals surface area contributed by atoms with E-state index in [1.807, 2.05) is 18.4 Å². The molecule has 0 aliphatic rings. The molecule has 0 spiro atoms. The number of anilines is 1. The first-order valence-electron chi connectivity index (χ1n) is 8.16. The van der Waals surface area contributed by atoms with E-state index in [1.54, 1.807) is 34.2 Å². The first-order valence-corrected chi connectivity index (χ1v) is 9.04. The molecule has 0 saturated carbocycles. The van der Waals surface area contributed by atoms with E-state index in [0.29, 0.717) is 17.9 Å². The second kappa shape index (κ2) is 7.92. The molecule has 3 rings (SSSR count). The Morgan fingerprint density at radius 3 is 2.73 bits per heavy atom. The molecule has 7 nitrogen and oxygen atoms in total. The van der Waals surface area contributed by atoms with Gasteiger partial charge in [-0.05, 0) is 43.3 Å². The SMILES string of the molecule is Cc1cc(NC(=O)CCCc2cccs2)n(-c2ccc([N+](=O)[O-])cc2)n1. The van der Waals surface area contributed by atoms with Crippen molar-refractivity contribution < 1.29 is 9.72 Å². The van der Waals surface area contributed by atoms with E-state index < -0.39 is 4.92 Å². The number of nitrogens with zero attached hydrogens (tertiary/aromatic N) is 3. The van der Waals surface area contributed by atoms with Crippen molar-refractivity contribution >= 4 is 28.7 Å². The lowest BCUT2D eigenvalue weighted by atomic mass is 10.2. The molecule has 0 atom stereocenters. The topological polar surface area (TPSA) is 90.1 Å². The minimum absolute atomic E-state index is 0.0109.